The van der Waals surface area contributed by atoms with E-state index in [-0.39, 0.29) is 6.04 Å². The second-order valence-electron chi connectivity index (χ2n) is 5.11. The highest BCUT2D eigenvalue weighted by Gasteiger charge is 2.24. The van der Waals surface area contributed by atoms with E-state index in [4.69, 9.17) is 5.73 Å². The van der Waals surface area contributed by atoms with E-state index in [1.807, 2.05) is 12.1 Å². The molecule has 1 saturated heterocycles. The standard InChI is InChI=1S/C13H21N3O2S/c1-15-7-8-16(12(9-14)10-15)11-3-5-13(6-4-11)19(2,17)18/h3-6,12H,7-10,14H2,1-2H3. The van der Waals surface area contributed by atoms with E-state index in [9.17, 15) is 8.42 Å². The van der Waals surface area contributed by atoms with Crippen LogP contribution in [0.5, 0.6) is 0 Å². The van der Waals surface area contributed by atoms with Gasteiger partial charge >= 0.3 is 0 Å². The number of nitrogens with two attached hydrogens (primary N) is 1. The van der Waals surface area contributed by atoms with Gasteiger partial charge in [-0.05, 0) is 31.3 Å². The van der Waals surface area contributed by atoms with Gasteiger partial charge in [0.2, 0.25) is 0 Å². The van der Waals surface area contributed by atoms with Gasteiger partial charge in [-0.2, -0.15) is 0 Å². The number of anilines is 1. The van der Waals surface area contributed by atoms with E-state index in [0.717, 1.165) is 25.3 Å². The maximum Gasteiger partial charge on any atom is 0.175 e. The van der Waals surface area contributed by atoms with Crippen LogP contribution >= 0.6 is 0 Å². The van der Waals surface area contributed by atoms with E-state index < -0.39 is 9.84 Å². The molecule has 1 fully saturated rings. The lowest BCUT2D eigenvalue weighted by atomic mass is 10.1. The summed E-state index contributed by atoms with van der Waals surface area (Å²) in [6.45, 7) is 3.43. The predicted molar refractivity (Wildman–Crippen MR) is 77.2 cm³/mol. The molecule has 106 valence electrons. The van der Waals surface area contributed by atoms with E-state index in [1.54, 1.807) is 12.1 Å². The molecule has 6 heteroatoms. The summed E-state index contributed by atoms with van der Waals surface area (Å²) in [5, 5.41) is 0. The van der Waals surface area contributed by atoms with Gasteiger partial charge in [-0.25, -0.2) is 8.42 Å². The summed E-state index contributed by atoms with van der Waals surface area (Å²) in [6.07, 6.45) is 1.22. The zero-order valence-electron chi connectivity index (χ0n) is 11.4. The molecule has 2 rings (SSSR count). The second-order valence-corrected chi connectivity index (χ2v) is 7.13. The Hall–Kier alpha value is -1.11. The van der Waals surface area contributed by atoms with Crippen molar-refractivity contribution in [2.45, 2.75) is 10.9 Å². The van der Waals surface area contributed by atoms with Crippen molar-refractivity contribution in [2.24, 2.45) is 5.73 Å². The van der Waals surface area contributed by atoms with Gasteiger partial charge in [0.1, 0.15) is 0 Å². The number of piperazine rings is 1. The molecule has 0 spiro atoms. The average Bonchev–Trinajstić information content (AvgIpc) is 2.37. The van der Waals surface area contributed by atoms with Gasteiger partial charge in [0.25, 0.3) is 0 Å². The van der Waals surface area contributed by atoms with Crippen LogP contribution in [0.2, 0.25) is 0 Å². The molecular formula is C13H21N3O2S. The number of hydrogen-bond donors (Lipinski definition) is 1. The van der Waals surface area contributed by atoms with Gasteiger partial charge in [-0.15, -0.1) is 0 Å². The van der Waals surface area contributed by atoms with Gasteiger partial charge < -0.3 is 15.5 Å². The third-order valence-corrected chi connectivity index (χ3v) is 4.68. The fraction of sp³-hybridized carbons (Fsp3) is 0.538. The second kappa shape index (κ2) is 5.48. The van der Waals surface area contributed by atoms with Gasteiger partial charge in [0.15, 0.2) is 9.84 Å². The third kappa shape index (κ3) is 3.26. The number of nitrogens with zero attached hydrogens (tertiary/aromatic N) is 2. The van der Waals surface area contributed by atoms with Gasteiger partial charge in [0.05, 0.1) is 10.9 Å². The topological polar surface area (TPSA) is 66.6 Å². The van der Waals surface area contributed by atoms with Crippen LogP contribution in [-0.2, 0) is 9.84 Å². The first kappa shape index (κ1) is 14.3. The largest absolute Gasteiger partial charge is 0.365 e. The number of benzene rings is 1. The lowest BCUT2D eigenvalue weighted by Gasteiger charge is -2.41. The Balaban J connectivity index is 2.22. The van der Waals surface area contributed by atoms with E-state index in [1.165, 1.54) is 6.26 Å². The molecule has 2 N–H and O–H groups in total. The minimum absolute atomic E-state index is 0.280. The number of likely N-dealkylation sites (N-methyl/N-ethyl adjacent to an activating group) is 1. The molecule has 0 saturated carbocycles. The van der Waals surface area contributed by atoms with Gasteiger partial charge in [-0.3, -0.25) is 0 Å². The third-order valence-electron chi connectivity index (χ3n) is 3.55. The average molecular weight is 283 g/mol. The summed E-state index contributed by atoms with van der Waals surface area (Å²) >= 11 is 0. The zero-order valence-corrected chi connectivity index (χ0v) is 12.2. The maximum absolute atomic E-state index is 11.4. The van der Waals surface area contributed by atoms with Crippen LogP contribution in [0, 0.1) is 0 Å². The molecule has 1 aromatic carbocycles. The Morgan fingerprint density at radius 1 is 1.26 bits per heavy atom. The molecule has 1 aliphatic rings. The van der Waals surface area contributed by atoms with Gasteiger partial charge in [-0.1, -0.05) is 0 Å². The summed E-state index contributed by atoms with van der Waals surface area (Å²) in [5.74, 6) is 0. The molecule has 1 aromatic rings. The van der Waals surface area contributed by atoms with E-state index in [0.29, 0.717) is 11.4 Å². The van der Waals surface area contributed by atoms with Crippen molar-refractivity contribution in [1.82, 2.24) is 4.90 Å². The normalized spacial score (nSPS) is 21.6. The molecule has 0 aliphatic carbocycles. The lowest BCUT2D eigenvalue weighted by Crippen LogP contribution is -2.55. The molecule has 0 aromatic heterocycles. The van der Waals surface area contributed by atoms with Crippen molar-refractivity contribution in [1.29, 1.82) is 0 Å². The van der Waals surface area contributed by atoms with E-state index in [2.05, 4.69) is 16.8 Å². The van der Waals surface area contributed by atoms with Crippen LogP contribution in [0.4, 0.5) is 5.69 Å². The Labute approximate surface area is 114 Å². The first-order chi connectivity index (χ1) is 8.91. The van der Waals surface area contributed by atoms with Gasteiger partial charge in [0, 0.05) is 38.1 Å². The fourth-order valence-electron chi connectivity index (χ4n) is 2.44. The molecule has 19 heavy (non-hydrogen) atoms. The van der Waals surface area contributed by atoms with E-state index >= 15 is 0 Å². The van der Waals surface area contributed by atoms with Crippen molar-refractivity contribution in [3.05, 3.63) is 24.3 Å². The zero-order chi connectivity index (χ0) is 14.0. The molecule has 1 heterocycles. The quantitative estimate of drug-likeness (QED) is 0.856. The van der Waals surface area contributed by atoms with Crippen molar-refractivity contribution in [3.8, 4) is 0 Å². The Kier molecular flexibility index (Phi) is 4.13. The van der Waals surface area contributed by atoms with Crippen LogP contribution in [-0.4, -0.2) is 58.8 Å². The molecule has 0 amide bonds. The summed E-state index contributed by atoms with van der Waals surface area (Å²) in [7, 11) is -1.04. The Bertz CT molecular complexity index is 527. The molecular weight excluding hydrogens is 262 g/mol. The van der Waals surface area contributed by atoms with Crippen molar-refractivity contribution in [2.75, 3.05) is 44.4 Å². The van der Waals surface area contributed by atoms with Crippen molar-refractivity contribution in [3.63, 3.8) is 0 Å². The summed E-state index contributed by atoms with van der Waals surface area (Å²) < 4.78 is 22.9. The fourth-order valence-corrected chi connectivity index (χ4v) is 3.07. The van der Waals surface area contributed by atoms with Crippen LogP contribution in [0.25, 0.3) is 0 Å². The number of sulfone groups is 1. The first-order valence-electron chi connectivity index (χ1n) is 6.37. The summed E-state index contributed by atoms with van der Waals surface area (Å²) in [6, 6.07) is 7.34. The van der Waals surface area contributed by atoms with Crippen molar-refractivity contribution < 1.29 is 8.42 Å². The smallest absolute Gasteiger partial charge is 0.175 e. The minimum atomic E-state index is -3.13. The monoisotopic (exact) mass is 283 g/mol. The van der Waals surface area contributed by atoms with Crippen LogP contribution in [0.1, 0.15) is 0 Å². The molecule has 1 unspecified atom stereocenters. The SMILES string of the molecule is CN1CCN(c2ccc(S(C)(=O)=O)cc2)C(CN)C1. The molecule has 0 bridgehead atoms. The Morgan fingerprint density at radius 3 is 2.42 bits per heavy atom. The first-order valence-corrected chi connectivity index (χ1v) is 8.26. The van der Waals surface area contributed by atoms with Crippen LogP contribution in [0.15, 0.2) is 29.2 Å². The lowest BCUT2D eigenvalue weighted by molar-refractivity contribution is 0.270. The highest BCUT2D eigenvalue weighted by atomic mass is 32.2. The Morgan fingerprint density at radius 2 is 1.89 bits per heavy atom. The number of hydrogen-bond acceptors (Lipinski definition) is 5. The molecule has 1 aliphatic heterocycles. The maximum atomic E-state index is 11.4. The molecule has 0 radical (unpaired) electrons. The number of rotatable bonds is 3. The van der Waals surface area contributed by atoms with Crippen molar-refractivity contribution >= 4 is 15.5 Å². The summed E-state index contributed by atoms with van der Waals surface area (Å²) in [4.78, 5) is 4.87. The molecule has 5 nitrogen and oxygen atoms in total. The molecule has 1 atom stereocenters. The van der Waals surface area contributed by atoms with Crippen LogP contribution < -0.4 is 10.6 Å². The van der Waals surface area contributed by atoms with Crippen LogP contribution in [0.3, 0.4) is 0 Å². The minimum Gasteiger partial charge on any atom is -0.365 e. The summed E-state index contributed by atoms with van der Waals surface area (Å²) in [5.41, 5.74) is 6.87. The highest BCUT2D eigenvalue weighted by Crippen LogP contribution is 2.22. The predicted octanol–water partition coefficient (Wildman–Crippen LogP) is 0.169. The highest BCUT2D eigenvalue weighted by molar-refractivity contribution is 7.90.